The molecule has 7 nitrogen and oxygen atoms in total. The van der Waals surface area contributed by atoms with Gasteiger partial charge in [0.05, 0.1) is 16.8 Å². The van der Waals surface area contributed by atoms with Crippen molar-refractivity contribution >= 4 is 61.3 Å². The summed E-state index contributed by atoms with van der Waals surface area (Å²) in [6.07, 6.45) is 3.38. The first-order valence-corrected chi connectivity index (χ1v) is 13.4. The molecule has 168 valence electrons. The van der Waals surface area contributed by atoms with Gasteiger partial charge in [-0.3, -0.25) is 9.20 Å². The highest BCUT2D eigenvalue weighted by Crippen LogP contribution is 2.39. The molecule has 32 heavy (non-hydrogen) atoms. The van der Waals surface area contributed by atoms with Gasteiger partial charge in [-0.05, 0) is 37.7 Å². The van der Waals surface area contributed by atoms with Crippen molar-refractivity contribution in [2.24, 2.45) is 5.92 Å². The van der Waals surface area contributed by atoms with Crippen LogP contribution in [0.15, 0.2) is 10.5 Å². The number of anilines is 1. The average Bonchev–Trinajstić information content (AvgIpc) is 3.42. The molecule has 0 saturated carbocycles. The number of carbonyl (C=O) groups excluding carboxylic acids is 1. The molecule has 0 aliphatic heterocycles. The highest BCUT2D eigenvalue weighted by Gasteiger charge is 2.25. The third-order valence-corrected chi connectivity index (χ3v) is 8.62. The van der Waals surface area contributed by atoms with Gasteiger partial charge in [0.1, 0.15) is 10.7 Å². The molecule has 0 spiro atoms. The van der Waals surface area contributed by atoms with Crippen molar-refractivity contribution in [3.63, 3.8) is 0 Å². The lowest BCUT2D eigenvalue weighted by Gasteiger charge is -2.17. The molecule has 0 fully saturated rings. The second-order valence-electron chi connectivity index (χ2n) is 9.46. The standard InChI is InChI=1S/C22H26N6OS3/c1-11-6-7-13-14(8-11)32-19-17(13)18-26-27-21(28(18)12(2)23-19)31-10-16(29)25-20-24-15(9-30-20)22(3,4)5/h9,11H,6-8,10H2,1-5H3,(H,24,25,29)/t11-/m0/s1. The molecule has 0 radical (unpaired) electrons. The van der Waals surface area contributed by atoms with Crippen LogP contribution in [0.1, 0.15) is 56.1 Å². The number of thiophene rings is 1. The number of aromatic nitrogens is 5. The van der Waals surface area contributed by atoms with Crippen LogP contribution in [0.5, 0.6) is 0 Å². The van der Waals surface area contributed by atoms with Crippen molar-refractivity contribution in [1.82, 2.24) is 24.6 Å². The lowest BCUT2D eigenvalue weighted by molar-refractivity contribution is -0.113. The minimum Gasteiger partial charge on any atom is -0.301 e. The van der Waals surface area contributed by atoms with E-state index >= 15 is 0 Å². The maximum Gasteiger partial charge on any atom is 0.236 e. The van der Waals surface area contributed by atoms with E-state index < -0.39 is 0 Å². The molecule has 0 aromatic carbocycles. The van der Waals surface area contributed by atoms with Gasteiger partial charge in [-0.2, -0.15) is 0 Å². The van der Waals surface area contributed by atoms with E-state index in [1.807, 2.05) is 16.7 Å². The fourth-order valence-electron chi connectivity index (χ4n) is 4.02. The van der Waals surface area contributed by atoms with Crippen molar-refractivity contribution in [2.75, 3.05) is 11.1 Å². The van der Waals surface area contributed by atoms with Gasteiger partial charge in [0.25, 0.3) is 0 Å². The third kappa shape index (κ3) is 3.92. The molecule has 0 bridgehead atoms. The van der Waals surface area contributed by atoms with Crippen LogP contribution in [0.2, 0.25) is 0 Å². The molecule has 1 aliphatic rings. The summed E-state index contributed by atoms with van der Waals surface area (Å²) < 4.78 is 1.99. The number of carbonyl (C=O) groups is 1. The number of hydrogen-bond donors (Lipinski definition) is 1. The number of hydrogen-bond acceptors (Lipinski definition) is 8. The van der Waals surface area contributed by atoms with Crippen molar-refractivity contribution in [2.45, 2.75) is 64.5 Å². The molecule has 0 unspecified atom stereocenters. The van der Waals surface area contributed by atoms with Gasteiger partial charge in [0, 0.05) is 15.7 Å². The molecule has 4 heterocycles. The molecule has 5 rings (SSSR count). The lowest BCUT2D eigenvalue weighted by atomic mass is 9.89. The van der Waals surface area contributed by atoms with Crippen LogP contribution in [0, 0.1) is 12.8 Å². The second kappa shape index (κ2) is 8.07. The predicted octanol–water partition coefficient (Wildman–Crippen LogP) is 5.26. The highest BCUT2D eigenvalue weighted by molar-refractivity contribution is 7.99. The normalized spacial score (nSPS) is 16.6. The topological polar surface area (TPSA) is 85.1 Å². The van der Waals surface area contributed by atoms with E-state index in [0.717, 1.165) is 40.2 Å². The van der Waals surface area contributed by atoms with Crippen molar-refractivity contribution in [3.8, 4) is 0 Å². The molecule has 0 saturated heterocycles. The zero-order valence-corrected chi connectivity index (χ0v) is 21.3. The van der Waals surface area contributed by atoms with Gasteiger partial charge in [-0.15, -0.1) is 32.9 Å². The Morgan fingerprint density at radius 2 is 2.12 bits per heavy atom. The summed E-state index contributed by atoms with van der Waals surface area (Å²) in [5.41, 5.74) is 3.19. The summed E-state index contributed by atoms with van der Waals surface area (Å²) in [6, 6.07) is 0. The number of nitrogens with one attached hydrogen (secondary N) is 1. The second-order valence-corrected chi connectivity index (χ2v) is 12.3. The molecule has 1 atom stereocenters. The molecular formula is C22H26N6OS3. The Morgan fingerprint density at radius 3 is 2.88 bits per heavy atom. The summed E-state index contributed by atoms with van der Waals surface area (Å²) >= 11 is 4.63. The van der Waals surface area contributed by atoms with Gasteiger partial charge in [-0.25, -0.2) is 9.97 Å². The Labute approximate surface area is 199 Å². The molecular weight excluding hydrogens is 460 g/mol. The van der Waals surface area contributed by atoms with Crippen LogP contribution in [0.25, 0.3) is 15.9 Å². The number of thioether (sulfide) groups is 1. The van der Waals surface area contributed by atoms with E-state index in [2.05, 4.69) is 48.2 Å². The average molecular weight is 487 g/mol. The SMILES string of the molecule is Cc1nc2sc3c(c2c2nnc(SCC(=O)Nc4nc(C(C)(C)C)cs4)n12)CC[C@H](C)C3. The van der Waals surface area contributed by atoms with Gasteiger partial charge < -0.3 is 5.32 Å². The molecule has 1 amide bonds. The number of thiazole rings is 1. The van der Waals surface area contributed by atoms with E-state index in [0.29, 0.717) is 16.2 Å². The number of aryl methyl sites for hydroxylation is 2. The van der Waals surface area contributed by atoms with Gasteiger partial charge >= 0.3 is 0 Å². The fourth-order valence-corrected chi connectivity index (χ4v) is 7.18. The Kier molecular flexibility index (Phi) is 5.50. The Morgan fingerprint density at radius 1 is 1.31 bits per heavy atom. The number of amides is 1. The first-order valence-electron chi connectivity index (χ1n) is 10.8. The van der Waals surface area contributed by atoms with E-state index in [1.54, 1.807) is 11.3 Å². The fraction of sp³-hybridized carbons (Fsp3) is 0.500. The van der Waals surface area contributed by atoms with Crippen LogP contribution in [0.3, 0.4) is 0 Å². The first-order chi connectivity index (χ1) is 15.2. The lowest BCUT2D eigenvalue weighted by Crippen LogP contribution is -2.16. The van der Waals surface area contributed by atoms with Gasteiger partial charge in [-0.1, -0.05) is 39.5 Å². The summed E-state index contributed by atoms with van der Waals surface area (Å²) in [5.74, 6) is 1.70. The predicted molar refractivity (Wildman–Crippen MR) is 132 cm³/mol. The van der Waals surface area contributed by atoms with E-state index in [1.165, 1.54) is 40.0 Å². The highest BCUT2D eigenvalue weighted by atomic mass is 32.2. The number of nitrogens with zero attached hydrogens (tertiary/aromatic N) is 5. The van der Waals surface area contributed by atoms with Crippen LogP contribution in [0.4, 0.5) is 5.13 Å². The third-order valence-electron chi connectivity index (χ3n) is 5.79. The van der Waals surface area contributed by atoms with Gasteiger partial charge in [0.2, 0.25) is 5.91 Å². The quantitative estimate of drug-likeness (QED) is 0.396. The van der Waals surface area contributed by atoms with Crippen LogP contribution in [-0.4, -0.2) is 36.2 Å². The zero-order chi connectivity index (χ0) is 22.6. The smallest absolute Gasteiger partial charge is 0.236 e. The number of fused-ring (bicyclic) bond motifs is 5. The van der Waals surface area contributed by atoms with Gasteiger partial charge in [0.15, 0.2) is 15.9 Å². The summed E-state index contributed by atoms with van der Waals surface area (Å²) in [6.45, 7) is 10.6. The van der Waals surface area contributed by atoms with Crippen molar-refractivity contribution < 1.29 is 4.79 Å². The molecule has 10 heteroatoms. The van der Waals surface area contributed by atoms with Crippen LogP contribution < -0.4 is 5.32 Å². The van der Waals surface area contributed by atoms with E-state index in [9.17, 15) is 4.79 Å². The van der Waals surface area contributed by atoms with E-state index in [-0.39, 0.29) is 17.1 Å². The monoisotopic (exact) mass is 486 g/mol. The van der Waals surface area contributed by atoms with Crippen molar-refractivity contribution in [3.05, 3.63) is 27.3 Å². The molecule has 4 aromatic heterocycles. The van der Waals surface area contributed by atoms with Crippen LogP contribution in [-0.2, 0) is 23.1 Å². The number of rotatable bonds is 4. The largest absolute Gasteiger partial charge is 0.301 e. The van der Waals surface area contributed by atoms with Crippen molar-refractivity contribution in [1.29, 1.82) is 0 Å². The molecule has 1 aliphatic carbocycles. The van der Waals surface area contributed by atoms with Crippen LogP contribution >= 0.6 is 34.4 Å². The Hall–Kier alpha value is -2.04. The zero-order valence-electron chi connectivity index (χ0n) is 18.9. The summed E-state index contributed by atoms with van der Waals surface area (Å²) in [4.78, 5) is 24.4. The van der Waals surface area contributed by atoms with E-state index in [4.69, 9.17) is 4.98 Å². The Balaban J connectivity index is 1.37. The minimum atomic E-state index is -0.102. The minimum absolute atomic E-state index is 0.0383. The Bertz CT molecular complexity index is 1330. The maximum atomic E-state index is 12.5. The summed E-state index contributed by atoms with van der Waals surface area (Å²) in [5, 5.41) is 16.3. The first kappa shape index (κ1) is 21.8. The summed E-state index contributed by atoms with van der Waals surface area (Å²) in [7, 11) is 0. The molecule has 4 aromatic rings. The maximum absolute atomic E-state index is 12.5. The molecule has 1 N–H and O–H groups in total.